The van der Waals surface area contributed by atoms with Gasteiger partial charge in [-0.05, 0) is 118 Å². The number of hydrogen-bond donors (Lipinski definition) is 1. The van der Waals surface area contributed by atoms with Crippen LogP contribution in [0.25, 0.3) is 56.1 Å². The number of rotatable bonds is 10. The van der Waals surface area contributed by atoms with Crippen LogP contribution in [-0.2, 0) is 16.1 Å². The Morgan fingerprint density at radius 2 is 1.69 bits per heavy atom. The number of benzene rings is 4. The van der Waals surface area contributed by atoms with Crippen LogP contribution in [0.2, 0.25) is 0 Å². The molecule has 4 aromatic carbocycles. The Bertz CT molecular complexity index is 2460. The van der Waals surface area contributed by atoms with Gasteiger partial charge in [-0.15, -0.1) is 0 Å². The molecular formula is C43H42F2N6O4. The van der Waals surface area contributed by atoms with Gasteiger partial charge >= 0.3 is 12.6 Å². The first-order valence-corrected chi connectivity index (χ1v) is 18.7. The lowest BCUT2D eigenvalue weighted by atomic mass is 9.91. The molecular weight excluding hydrogens is 703 g/mol. The summed E-state index contributed by atoms with van der Waals surface area (Å²) in [6.07, 6.45) is 3.81. The van der Waals surface area contributed by atoms with Crippen molar-refractivity contribution in [2.75, 3.05) is 26.7 Å². The summed E-state index contributed by atoms with van der Waals surface area (Å²) in [7, 11) is 1.35. The quantitative estimate of drug-likeness (QED) is 0.137. The molecule has 2 saturated heterocycles. The first-order chi connectivity index (χ1) is 26.6. The van der Waals surface area contributed by atoms with Crippen molar-refractivity contribution in [1.29, 1.82) is 5.26 Å². The van der Waals surface area contributed by atoms with Gasteiger partial charge in [-0.1, -0.05) is 30.3 Å². The van der Waals surface area contributed by atoms with Gasteiger partial charge in [-0.25, -0.2) is 9.97 Å². The van der Waals surface area contributed by atoms with E-state index >= 15 is 0 Å². The number of carbonyl (C=O) groups is 1. The summed E-state index contributed by atoms with van der Waals surface area (Å²) >= 11 is 0. The molecule has 2 aromatic heterocycles. The van der Waals surface area contributed by atoms with E-state index in [0.29, 0.717) is 52.4 Å². The van der Waals surface area contributed by atoms with Crippen LogP contribution in [0.5, 0.6) is 5.75 Å². The molecule has 0 bridgehead atoms. The molecule has 0 aliphatic carbocycles. The number of aromatic amines is 1. The number of fused-ring (bicyclic) bond motifs is 2. The number of nitrogens with one attached hydrogen (secondary N) is 1. The first kappa shape index (κ1) is 36.3. The fourth-order valence-electron chi connectivity index (χ4n) is 8.36. The van der Waals surface area contributed by atoms with Crippen LogP contribution in [0, 0.1) is 25.2 Å². The van der Waals surface area contributed by atoms with Gasteiger partial charge in [0.1, 0.15) is 34.7 Å². The Balaban J connectivity index is 1.13. The van der Waals surface area contributed by atoms with E-state index in [0.717, 1.165) is 64.0 Å². The highest BCUT2D eigenvalue weighted by molar-refractivity contribution is 5.88. The lowest BCUT2D eigenvalue weighted by Crippen LogP contribution is -2.36. The van der Waals surface area contributed by atoms with E-state index < -0.39 is 12.7 Å². The third-order valence-corrected chi connectivity index (χ3v) is 11.3. The van der Waals surface area contributed by atoms with E-state index in [4.69, 9.17) is 23.9 Å². The van der Waals surface area contributed by atoms with Crippen LogP contribution in [0.1, 0.15) is 66.5 Å². The van der Waals surface area contributed by atoms with E-state index in [1.807, 2.05) is 48.2 Å². The molecule has 8 rings (SSSR count). The summed E-state index contributed by atoms with van der Waals surface area (Å²) in [5.41, 5.74) is 10.0. The van der Waals surface area contributed by atoms with Crippen molar-refractivity contribution < 1.29 is 27.5 Å². The maximum Gasteiger partial charge on any atom is 0.387 e. The summed E-state index contributed by atoms with van der Waals surface area (Å²) in [5.74, 6) is 0.659. The maximum atomic E-state index is 13.6. The predicted molar refractivity (Wildman–Crippen MR) is 205 cm³/mol. The van der Waals surface area contributed by atoms with Crippen LogP contribution < -0.4 is 4.74 Å². The number of oxazole rings is 1. The highest BCUT2D eigenvalue weighted by Crippen LogP contribution is 2.39. The lowest BCUT2D eigenvalue weighted by Gasteiger charge is -2.24. The second kappa shape index (κ2) is 14.9. The predicted octanol–water partition coefficient (Wildman–Crippen LogP) is 9.09. The number of nitrogens with zero attached hydrogens (tertiary/aromatic N) is 5. The zero-order chi connectivity index (χ0) is 38.4. The highest BCUT2D eigenvalue weighted by Gasteiger charge is 2.32. The molecule has 6 aromatic rings. The van der Waals surface area contributed by atoms with E-state index in [1.54, 1.807) is 6.07 Å². The number of esters is 1. The molecule has 1 unspecified atom stereocenters. The number of nitriles is 1. The Kier molecular flexibility index (Phi) is 9.84. The van der Waals surface area contributed by atoms with E-state index in [1.165, 1.54) is 26.0 Å². The second-order valence-corrected chi connectivity index (χ2v) is 14.5. The fraction of sp³-hybridized carbons (Fsp3) is 0.349. The van der Waals surface area contributed by atoms with Gasteiger partial charge in [0.2, 0.25) is 5.89 Å². The molecule has 0 spiro atoms. The first-order valence-electron chi connectivity index (χ1n) is 18.7. The number of aromatic nitrogens is 3. The van der Waals surface area contributed by atoms with Crippen LogP contribution >= 0.6 is 0 Å². The van der Waals surface area contributed by atoms with Crippen molar-refractivity contribution >= 4 is 28.1 Å². The monoisotopic (exact) mass is 744 g/mol. The second-order valence-electron chi connectivity index (χ2n) is 14.5. The van der Waals surface area contributed by atoms with Crippen LogP contribution in [-0.4, -0.2) is 70.1 Å². The number of methoxy groups -OCH3 is 1. The van der Waals surface area contributed by atoms with Crippen molar-refractivity contribution in [1.82, 2.24) is 24.8 Å². The van der Waals surface area contributed by atoms with Crippen LogP contribution in [0.4, 0.5) is 8.78 Å². The van der Waals surface area contributed by atoms with Crippen LogP contribution in [0.15, 0.2) is 65.1 Å². The molecule has 12 heteroatoms. The van der Waals surface area contributed by atoms with E-state index in [9.17, 15) is 18.8 Å². The normalized spacial score (nSPS) is 17.0. The van der Waals surface area contributed by atoms with Crippen molar-refractivity contribution in [3.05, 3.63) is 88.5 Å². The van der Waals surface area contributed by atoms with Crippen molar-refractivity contribution in [2.45, 2.75) is 71.7 Å². The molecule has 2 aliphatic rings. The van der Waals surface area contributed by atoms with E-state index in [2.05, 4.69) is 41.9 Å². The fourth-order valence-corrected chi connectivity index (χ4v) is 8.36. The van der Waals surface area contributed by atoms with Crippen LogP contribution in [0.3, 0.4) is 0 Å². The van der Waals surface area contributed by atoms with Gasteiger partial charge in [0, 0.05) is 35.3 Å². The van der Waals surface area contributed by atoms with Gasteiger partial charge < -0.3 is 18.9 Å². The third-order valence-electron chi connectivity index (χ3n) is 11.3. The van der Waals surface area contributed by atoms with Crippen molar-refractivity contribution in [3.8, 4) is 45.8 Å². The number of carbonyl (C=O) groups excluding carboxylic acids is 1. The van der Waals surface area contributed by atoms with Gasteiger partial charge in [-0.3, -0.25) is 14.6 Å². The highest BCUT2D eigenvalue weighted by atomic mass is 19.3. The standard InChI is InChI=1S/C43H42F2N6O4/c1-24-30(10-7-12-32(24)40-47-35-19-27(18-28(22-46)39(35)49-40)26(3)50-15-5-6-16-50)31-11-8-13-33(25(31)2)41-48-34-20-29(37(55-43(44)45)21-38(34)54-41)23-51-17-9-14-36(51)42(52)53-4/h7-8,10-13,18-21,26,36,43H,5-6,9,14-17,23H2,1-4H3,(H,47,49)/t26?,36-/m0/s1. The number of imidazole rings is 1. The molecule has 55 heavy (non-hydrogen) atoms. The molecule has 10 nitrogen and oxygen atoms in total. The maximum absolute atomic E-state index is 13.6. The van der Waals surface area contributed by atoms with Crippen molar-refractivity contribution in [3.63, 3.8) is 0 Å². The number of likely N-dealkylation sites (tertiary alicyclic amines) is 2. The van der Waals surface area contributed by atoms with Gasteiger partial charge in [0.05, 0.1) is 18.2 Å². The van der Waals surface area contributed by atoms with Gasteiger partial charge in [-0.2, -0.15) is 14.0 Å². The minimum atomic E-state index is -3.04. The average molecular weight is 745 g/mol. The number of ether oxygens (including phenoxy) is 2. The molecule has 0 amide bonds. The average Bonchev–Trinajstić information content (AvgIpc) is 4.01. The van der Waals surface area contributed by atoms with Gasteiger partial charge in [0.25, 0.3) is 0 Å². The Morgan fingerprint density at radius 3 is 2.40 bits per heavy atom. The number of H-pyrrole nitrogens is 1. The van der Waals surface area contributed by atoms with Gasteiger partial charge in [0.15, 0.2) is 5.58 Å². The topological polar surface area (TPSA) is 121 Å². The summed E-state index contributed by atoms with van der Waals surface area (Å²) in [6.45, 7) is 6.19. The molecule has 2 aliphatic heterocycles. The lowest BCUT2D eigenvalue weighted by molar-refractivity contribution is -0.146. The summed E-state index contributed by atoms with van der Waals surface area (Å²) in [5, 5.41) is 10.1. The van der Waals surface area contributed by atoms with E-state index in [-0.39, 0.29) is 24.3 Å². The zero-order valence-corrected chi connectivity index (χ0v) is 31.3. The molecule has 1 N–H and O–H groups in total. The number of alkyl halides is 2. The largest absolute Gasteiger partial charge is 0.468 e. The number of hydrogen-bond acceptors (Lipinski definition) is 9. The zero-order valence-electron chi connectivity index (χ0n) is 31.3. The molecule has 282 valence electrons. The SMILES string of the molecule is COC(=O)[C@@H]1CCCN1Cc1cc2nc(-c3cccc(-c4cccc(-c5nc6c(C#N)cc(C(C)N7CCCC7)cc6[nH]5)c4C)c3C)oc2cc1OC(F)F. The summed E-state index contributed by atoms with van der Waals surface area (Å²) in [4.78, 5) is 30.0. The molecule has 0 saturated carbocycles. The minimum absolute atomic E-state index is 0.0246. The molecule has 2 fully saturated rings. The molecule has 0 radical (unpaired) electrons. The minimum Gasteiger partial charge on any atom is -0.468 e. The third kappa shape index (κ3) is 6.83. The summed E-state index contributed by atoms with van der Waals surface area (Å²) in [6, 6.07) is 21.4. The Hall–Kier alpha value is -5.64. The smallest absolute Gasteiger partial charge is 0.387 e. The summed E-state index contributed by atoms with van der Waals surface area (Å²) < 4.78 is 43.3. The Morgan fingerprint density at radius 1 is 0.982 bits per heavy atom. The Labute approximate surface area is 317 Å². The number of halogens is 2. The van der Waals surface area contributed by atoms with Crippen molar-refractivity contribution in [2.24, 2.45) is 0 Å². The molecule has 2 atom stereocenters. The molecule has 4 heterocycles.